The molecule has 2 fully saturated rings. The van der Waals surface area contributed by atoms with E-state index >= 15 is 0 Å². The molecule has 4 atom stereocenters. The Balaban J connectivity index is 1.72. The zero-order chi connectivity index (χ0) is 17.1. The molecule has 0 saturated heterocycles. The van der Waals surface area contributed by atoms with Crippen molar-refractivity contribution in [3.8, 4) is 0 Å². The molecule has 0 aromatic carbocycles. The van der Waals surface area contributed by atoms with Gasteiger partial charge in [0.1, 0.15) is 6.61 Å². The maximum Gasteiger partial charge on any atom is 0.174 e. The molecule has 4 aliphatic rings. The predicted molar refractivity (Wildman–Crippen MR) is 95.9 cm³/mol. The molecule has 1 N–H and O–H groups in total. The Kier molecular flexibility index (Phi) is 3.85. The molecular formula is C20H26O3S. The fourth-order valence-electron chi connectivity index (χ4n) is 6.14. The molecule has 0 amide bonds. The van der Waals surface area contributed by atoms with Crippen LogP contribution in [0.5, 0.6) is 0 Å². The predicted octanol–water partition coefficient (Wildman–Crippen LogP) is 3.42. The lowest BCUT2D eigenvalue weighted by Gasteiger charge is -2.51. The van der Waals surface area contributed by atoms with Gasteiger partial charge in [-0.15, -0.1) is 0 Å². The summed E-state index contributed by atoms with van der Waals surface area (Å²) in [6.45, 7) is 1.82. The Bertz CT molecular complexity index is 676. The Morgan fingerprint density at radius 3 is 2.79 bits per heavy atom. The summed E-state index contributed by atoms with van der Waals surface area (Å²) in [6.07, 6.45) is 9.29. The second-order valence-electron chi connectivity index (χ2n) is 8.29. The van der Waals surface area contributed by atoms with E-state index in [2.05, 4.69) is 6.92 Å². The van der Waals surface area contributed by atoms with Crippen molar-refractivity contribution in [1.82, 2.24) is 0 Å². The van der Waals surface area contributed by atoms with Crippen molar-refractivity contribution in [2.45, 2.75) is 63.0 Å². The van der Waals surface area contributed by atoms with Gasteiger partial charge in [0.25, 0.3) is 0 Å². The van der Waals surface area contributed by atoms with E-state index in [1.165, 1.54) is 11.1 Å². The van der Waals surface area contributed by atoms with Gasteiger partial charge in [-0.05, 0) is 79.4 Å². The number of hydrogen-bond acceptors (Lipinski definition) is 4. The molecule has 0 spiro atoms. The summed E-state index contributed by atoms with van der Waals surface area (Å²) in [5.74, 6) is 1.18. The van der Waals surface area contributed by atoms with Crippen LogP contribution in [0.15, 0.2) is 22.8 Å². The highest BCUT2D eigenvalue weighted by Gasteiger charge is 2.62. The zero-order valence-electron chi connectivity index (χ0n) is 14.3. The van der Waals surface area contributed by atoms with Crippen molar-refractivity contribution in [2.24, 2.45) is 17.3 Å². The Labute approximate surface area is 149 Å². The lowest BCUT2D eigenvalue weighted by Crippen LogP contribution is -2.51. The molecule has 0 bridgehead atoms. The zero-order valence-corrected chi connectivity index (χ0v) is 15.2. The quantitative estimate of drug-likeness (QED) is 0.753. The van der Waals surface area contributed by atoms with E-state index < -0.39 is 11.4 Å². The highest BCUT2D eigenvalue weighted by molar-refractivity contribution is 7.82. The number of fused-ring (bicyclic) bond motifs is 4. The first-order chi connectivity index (χ1) is 11.4. The minimum Gasteiger partial charge on any atom is -0.389 e. The van der Waals surface area contributed by atoms with Gasteiger partial charge < -0.3 is 5.11 Å². The summed E-state index contributed by atoms with van der Waals surface area (Å²) in [4.78, 5) is 24.2. The van der Waals surface area contributed by atoms with Crippen LogP contribution in [0.1, 0.15) is 58.3 Å². The standard InChI is InChI=1S/C20H26O3S/c1-19-8-6-15-14-5-3-13(22)10-12(14)2-4-16(15)17(19)7-9-20(19,24)18(23)11-21/h10,16-17,21,24H,2-9,11H2,1H3/t16?,17?,19-,20-/m0/s1. The third-order valence-electron chi connectivity index (χ3n) is 7.49. The molecule has 0 aliphatic heterocycles. The third kappa shape index (κ3) is 2.08. The van der Waals surface area contributed by atoms with Crippen LogP contribution in [0.3, 0.4) is 0 Å². The average Bonchev–Trinajstić information content (AvgIpc) is 2.86. The van der Waals surface area contributed by atoms with E-state index in [1.807, 2.05) is 6.08 Å². The largest absolute Gasteiger partial charge is 0.389 e. The number of thiol groups is 1. The number of allylic oxidation sites excluding steroid dienone is 4. The van der Waals surface area contributed by atoms with E-state index in [0.717, 1.165) is 44.9 Å². The monoisotopic (exact) mass is 346 g/mol. The number of rotatable bonds is 2. The van der Waals surface area contributed by atoms with Crippen LogP contribution in [-0.2, 0) is 9.59 Å². The highest BCUT2D eigenvalue weighted by atomic mass is 32.1. The normalized spacial score (nSPS) is 41.5. The van der Waals surface area contributed by atoms with Crippen molar-refractivity contribution >= 4 is 24.2 Å². The smallest absolute Gasteiger partial charge is 0.174 e. The van der Waals surface area contributed by atoms with E-state index in [-0.39, 0.29) is 17.0 Å². The Morgan fingerprint density at radius 2 is 2.04 bits per heavy atom. The van der Waals surface area contributed by atoms with Gasteiger partial charge in [0.05, 0.1) is 4.75 Å². The van der Waals surface area contributed by atoms with Gasteiger partial charge in [0, 0.05) is 6.42 Å². The topological polar surface area (TPSA) is 54.4 Å². The van der Waals surface area contributed by atoms with Gasteiger partial charge in [-0.3, -0.25) is 9.59 Å². The van der Waals surface area contributed by atoms with Gasteiger partial charge in [-0.2, -0.15) is 12.6 Å². The average molecular weight is 346 g/mol. The number of hydrogen-bond donors (Lipinski definition) is 2. The molecule has 130 valence electrons. The molecule has 4 heteroatoms. The Morgan fingerprint density at radius 1 is 1.25 bits per heavy atom. The second-order valence-corrected chi connectivity index (χ2v) is 9.05. The van der Waals surface area contributed by atoms with Crippen LogP contribution in [0, 0.1) is 17.3 Å². The van der Waals surface area contributed by atoms with Crippen molar-refractivity contribution in [2.75, 3.05) is 6.61 Å². The van der Waals surface area contributed by atoms with E-state index in [1.54, 1.807) is 5.57 Å². The lowest BCUT2D eigenvalue weighted by molar-refractivity contribution is -0.127. The first-order valence-corrected chi connectivity index (χ1v) is 9.67. The first-order valence-electron chi connectivity index (χ1n) is 9.23. The van der Waals surface area contributed by atoms with E-state index in [4.69, 9.17) is 12.6 Å². The molecule has 24 heavy (non-hydrogen) atoms. The first kappa shape index (κ1) is 16.6. The number of aliphatic hydroxyl groups is 1. The Hall–Kier alpha value is -0.870. The van der Waals surface area contributed by atoms with Gasteiger partial charge in [-0.1, -0.05) is 12.5 Å². The SMILES string of the molecule is C[C@]12CCC3=C4CCC(=O)C=C4CCC3C1CC[C@]2(S)C(=O)CO. The van der Waals surface area contributed by atoms with Crippen LogP contribution in [0.4, 0.5) is 0 Å². The van der Waals surface area contributed by atoms with Crippen LogP contribution in [0.25, 0.3) is 0 Å². The third-order valence-corrected chi connectivity index (χ3v) is 8.47. The van der Waals surface area contributed by atoms with Crippen LogP contribution < -0.4 is 0 Å². The number of Topliss-reactive ketones (excluding diaryl/α,β-unsaturated/α-hetero) is 1. The summed E-state index contributed by atoms with van der Waals surface area (Å²) in [5.41, 5.74) is 4.17. The number of carbonyl (C=O) groups is 2. The molecule has 0 radical (unpaired) electrons. The molecule has 3 nitrogen and oxygen atoms in total. The van der Waals surface area contributed by atoms with Crippen molar-refractivity contribution in [1.29, 1.82) is 0 Å². The maximum atomic E-state index is 12.4. The molecular weight excluding hydrogens is 320 g/mol. The summed E-state index contributed by atoms with van der Waals surface area (Å²) in [6, 6.07) is 0. The van der Waals surface area contributed by atoms with Gasteiger partial charge in [0.15, 0.2) is 11.6 Å². The van der Waals surface area contributed by atoms with Crippen molar-refractivity contribution in [3.05, 3.63) is 22.8 Å². The minimum atomic E-state index is -0.679. The molecule has 4 aliphatic carbocycles. The number of ketones is 2. The van der Waals surface area contributed by atoms with Gasteiger partial charge >= 0.3 is 0 Å². The van der Waals surface area contributed by atoms with Crippen molar-refractivity contribution < 1.29 is 14.7 Å². The van der Waals surface area contributed by atoms with Crippen molar-refractivity contribution in [3.63, 3.8) is 0 Å². The number of aliphatic hydroxyl groups excluding tert-OH is 1. The summed E-state index contributed by atoms with van der Waals surface area (Å²) in [7, 11) is 0. The molecule has 4 rings (SSSR count). The highest BCUT2D eigenvalue weighted by Crippen LogP contribution is 2.65. The molecule has 0 aromatic rings. The fraction of sp³-hybridized carbons (Fsp3) is 0.700. The molecule has 2 unspecified atom stereocenters. The maximum absolute atomic E-state index is 12.4. The summed E-state index contributed by atoms with van der Waals surface area (Å²) >= 11 is 4.84. The molecule has 2 saturated carbocycles. The number of carbonyl (C=O) groups excluding carboxylic acids is 2. The molecule has 0 heterocycles. The lowest BCUT2D eigenvalue weighted by atomic mass is 9.55. The van der Waals surface area contributed by atoms with Gasteiger partial charge in [0.2, 0.25) is 0 Å². The van der Waals surface area contributed by atoms with Crippen LogP contribution in [-0.4, -0.2) is 28.0 Å². The minimum absolute atomic E-state index is 0.105. The molecule has 0 aromatic heterocycles. The van der Waals surface area contributed by atoms with E-state index in [9.17, 15) is 14.7 Å². The fourth-order valence-corrected chi connectivity index (χ4v) is 6.61. The van der Waals surface area contributed by atoms with E-state index in [0.29, 0.717) is 18.3 Å². The van der Waals surface area contributed by atoms with Crippen LogP contribution in [0.2, 0.25) is 0 Å². The second kappa shape index (κ2) is 5.57. The summed E-state index contributed by atoms with van der Waals surface area (Å²) in [5, 5.41) is 9.43. The van der Waals surface area contributed by atoms with Crippen LogP contribution >= 0.6 is 12.6 Å². The summed E-state index contributed by atoms with van der Waals surface area (Å²) < 4.78 is -0.679. The van der Waals surface area contributed by atoms with Gasteiger partial charge in [-0.25, -0.2) is 0 Å².